The first-order valence-electron chi connectivity index (χ1n) is 6.62. The number of hydrogen-bond donors (Lipinski definition) is 1. The molecule has 19 heavy (non-hydrogen) atoms. The van der Waals surface area contributed by atoms with E-state index in [0.29, 0.717) is 0 Å². The topological polar surface area (TPSA) is 39.2 Å². The van der Waals surface area contributed by atoms with Gasteiger partial charge in [0.15, 0.2) is 0 Å². The number of fused-ring (bicyclic) bond motifs is 1. The van der Waals surface area contributed by atoms with E-state index in [9.17, 15) is 0 Å². The Labute approximate surface area is 112 Å². The number of para-hydroxylation sites is 1. The lowest BCUT2D eigenvalue weighted by Crippen LogP contribution is -2.07. The fourth-order valence-corrected chi connectivity index (χ4v) is 2.25. The van der Waals surface area contributed by atoms with Gasteiger partial charge in [0.25, 0.3) is 0 Å². The Hall–Kier alpha value is -2.06. The van der Waals surface area contributed by atoms with Crippen LogP contribution in [0.3, 0.4) is 0 Å². The molecule has 96 valence electrons. The smallest absolute Gasteiger partial charge is 0.135 e. The molecule has 3 aromatic rings. The van der Waals surface area contributed by atoms with Crippen molar-refractivity contribution in [2.45, 2.75) is 19.4 Å². The highest BCUT2D eigenvalue weighted by atomic mass is 16.3. The molecule has 1 atom stereocenters. The van der Waals surface area contributed by atoms with Crippen LogP contribution < -0.4 is 5.73 Å². The average molecular weight is 251 g/mol. The second kappa shape index (κ2) is 4.90. The van der Waals surface area contributed by atoms with Crippen molar-refractivity contribution in [2.75, 3.05) is 0 Å². The third kappa shape index (κ3) is 2.27. The van der Waals surface area contributed by atoms with Gasteiger partial charge < -0.3 is 10.2 Å². The molecule has 1 unspecified atom stereocenters. The maximum absolute atomic E-state index is 6.02. The van der Waals surface area contributed by atoms with Gasteiger partial charge in [-0.3, -0.25) is 0 Å². The minimum atomic E-state index is 0.115. The quantitative estimate of drug-likeness (QED) is 0.743. The van der Waals surface area contributed by atoms with Crippen LogP contribution in [-0.2, 0) is 0 Å². The summed E-state index contributed by atoms with van der Waals surface area (Å²) in [4.78, 5) is 0. The van der Waals surface area contributed by atoms with Crippen molar-refractivity contribution in [1.29, 1.82) is 0 Å². The van der Waals surface area contributed by atoms with Crippen LogP contribution in [0.5, 0.6) is 0 Å². The van der Waals surface area contributed by atoms with Crippen LogP contribution in [0.2, 0.25) is 0 Å². The SMILES string of the molecule is CCC(N)c1ccc(-c2cc3ccccc3o2)cc1. The zero-order valence-corrected chi connectivity index (χ0v) is 11.0. The second-order valence-electron chi connectivity index (χ2n) is 4.79. The van der Waals surface area contributed by atoms with E-state index in [-0.39, 0.29) is 6.04 Å². The van der Waals surface area contributed by atoms with Crippen LogP contribution in [0.25, 0.3) is 22.3 Å². The van der Waals surface area contributed by atoms with E-state index in [4.69, 9.17) is 10.2 Å². The van der Waals surface area contributed by atoms with Crippen molar-refractivity contribution in [2.24, 2.45) is 5.73 Å². The third-order valence-corrected chi connectivity index (χ3v) is 3.49. The molecule has 0 aliphatic heterocycles. The summed E-state index contributed by atoms with van der Waals surface area (Å²) in [6.45, 7) is 2.10. The molecule has 0 bridgehead atoms. The highest BCUT2D eigenvalue weighted by Gasteiger charge is 2.07. The molecule has 0 radical (unpaired) electrons. The summed E-state index contributed by atoms with van der Waals surface area (Å²) in [6, 6.07) is 18.5. The number of hydrogen-bond acceptors (Lipinski definition) is 2. The minimum Gasteiger partial charge on any atom is -0.456 e. The van der Waals surface area contributed by atoms with Gasteiger partial charge in [0, 0.05) is 17.0 Å². The first-order chi connectivity index (χ1) is 9.28. The van der Waals surface area contributed by atoms with Crippen LogP contribution in [0.15, 0.2) is 59.0 Å². The van der Waals surface area contributed by atoms with Crippen molar-refractivity contribution < 1.29 is 4.42 Å². The Kier molecular flexibility index (Phi) is 3.10. The lowest BCUT2D eigenvalue weighted by atomic mass is 10.0. The molecule has 0 aliphatic rings. The van der Waals surface area contributed by atoms with Gasteiger partial charge in [-0.15, -0.1) is 0 Å². The lowest BCUT2D eigenvalue weighted by Gasteiger charge is -2.09. The number of nitrogens with two attached hydrogens (primary N) is 1. The van der Waals surface area contributed by atoms with Gasteiger partial charge in [0.05, 0.1) is 0 Å². The van der Waals surface area contributed by atoms with E-state index in [0.717, 1.165) is 28.7 Å². The lowest BCUT2D eigenvalue weighted by molar-refractivity contribution is 0.631. The molecular formula is C17H17NO. The molecule has 1 aromatic heterocycles. The van der Waals surface area contributed by atoms with Crippen molar-refractivity contribution in [3.8, 4) is 11.3 Å². The Bertz CT molecular complexity index is 649. The normalized spacial score (nSPS) is 12.7. The largest absolute Gasteiger partial charge is 0.456 e. The van der Waals surface area contributed by atoms with Gasteiger partial charge in [0.2, 0.25) is 0 Å². The van der Waals surface area contributed by atoms with E-state index in [1.807, 2.05) is 18.2 Å². The molecule has 2 nitrogen and oxygen atoms in total. The maximum atomic E-state index is 6.02. The molecule has 0 saturated carbocycles. The zero-order chi connectivity index (χ0) is 13.2. The molecule has 2 aromatic carbocycles. The van der Waals surface area contributed by atoms with Crippen molar-refractivity contribution in [3.05, 3.63) is 60.2 Å². The number of furan rings is 1. The number of rotatable bonds is 3. The van der Waals surface area contributed by atoms with Crippen molar-refractivity contribution >= 4 is 11.0 Å². The van der Waals surface area contributed by atoms with Gasteiger partial charge in [-0.1, -0.05) is 49.4 Å². The van der Waals surface area contributed by atoms with Crippen molar-refractivity contribution in [3.63, 3.8) is 0 Å². The summed E-state index contributed by atoms with van der Waals surface area (Å²) in [7, 11) is 0. The van der Waals surface area contributed by atoms with Crippen molar-refractivity contribution in [1.82, 2.24) is 0 Å². The highest BCUT2D eigenvalue weighted by Crippen LogP contribution is 2.28. The summed E-state index contributed by atoms with van der Waals surface area (Å²) < 4.78 is 5.85. The molecule has 0 amide bonds. The molecule has 1 heterocycles. The monoisotopic (exact) mass is 251 g/mol. The predicted molar refractivity (Wildman–Crippen MR) is 78.9 cm³/mol. The summed E-state index contributed by atoms with van der Waals surface area (Å²) >= 11 is 0. The molecule has 0 saturated heterocycles. The standard InChI is InChI=1S/C17H17NO/c1-2-15(18)12-7-9-13(10-8-12)17-11-14-5-3-4-6-16(14)19-17/h3-11,15H,2,18H2,1H3. The molecule has 3 rings (SSSR count). The molecular weight excluding hydrogens is 234 g/mol. The Morgan fingerprint density at radius 2 is 1.79 bits per heavy atom. The third-order valence-electron chi connectivity index (χ3n) is 3.49. The van der Waals surface area contributed by atoms with Gasteiger partial charge >= 0.3 is 0 Å². The molecule has 0 aliphatic carbocycles. The summed E-state index contributed by atoms with van der Waals surface area (Å²) in [5, 5.41) is 1.13. The van der Waals surface area contributed by atoms with Gasteiger partial charge in [-0.05, 0) is 24.1 Å². The fraction of sp³-hybridized carbons (Fsp3) is 0.176. The first kappa shape index (κ1) is 12.0. The summed E-state index contributed by atoms with van der Waals surface area (Å²) in [5.41, 5.74) is 9.20. The summed E-state index contributed by atoms with van der Waals surface area (Å²) in [6.07, 6.45) is 0.948. The number of benzene rings is 2. The fourth-order valence-electron chi connectivity index (χ4n) is 2.25. The first-order valence-corrected chi connectivity index (χ1v) is 6.62. The van der Waals surface area contributed by atoms with E-state index in [2.05, 4.69) is 43.3 Å². The second-order valence-corrected chi connectivity index (χ2v) is 4.79. The van der Waals surface area contributed by atoms with E-state index in [1.54, 1.807) is 0 Å². The predicted octanol–water partition coefficient (Wildman–Crippen LogP) is 4.51. The van der Waals surface area contributed by atoms with E-state index in [1.165, 1.54) is 5.56 Å². The van der Waals surface area contributed by atoms with Gasteiger partial charge in [-0.2, -0.15) is 0 Å². The minimum absolute atomic E-state index is 0.115. The Balaban J connectivity index is 1.97. The van der Waals surface area contributed by atoms with E-state index >= 15 is 0 Å². The van der Waals surface area contributed by atoms with Crippen LogP contribution in [0, 0.1) is 0 Å². The highest BCUT2D eigenvalue weighted by molar-refractivity contribution is 5.82. The van der Waals surface area contributed by atoms with Gasteiger partial charge in [-0.25, -0.2) is 0 Å². The summed E-state index contributed by atoms with van der Waals surface area (Å²) in [5.74, 6) is 0.901. The van der Waals surface area contributed by atoms with Crippen LogP contribution in [0.1, 0.15) is 24.9 Å². The Morgan fingerprint density at radius 3 is 2.47 bits per heavy atom. The van der Waals surface area contributed by atoms with Crippen LogP contribution >= 0.6 is 0 Å². The maximum Gasteiger partial charge on any atom is 0.135 e. The molecule has 2 N–H and O–H groups in total. The molecule has 2 heteroatoms. The Morgan fingerprint density at radius 1 is 1.05 bits per heavy atom. The van der Waals surface area contributed by atoms with Crippen LogP contribution in [-0.4, -0.2) is 0 Å². The zero-order valence-electron chi connectivity index (χ0n) is 11.0. The molecule has 0 spiro atoms. The van der Waals surface area contributed by atoms with Gasteiger partial charge in [0.1, 0.15) is 11.3 Å². The van der Waals surface area contributed by atoms with E-state index < -0.39 is 0 Å². The van der Waals surface area contributed by atoms with Crippen LogP contribution in [0.4, 0.5) is 0 Å². The molecule has 0 fully saturated rings. The average Bonchev–Trinajstić information content (AvgIpc) is 2.90.